The van der Waals surface area contributed by atoms with Gasteiger partial charge in [0.15, 0.2) is 0 Å². The topological polar surface area (TPSA) is 96.5 Å². The quantitative estimate of drug-likeness (QED) is 0.583. The number of likely N-dealkylation sites (tertiary alicyclic amines) is 1. The number of hydrogen-bond donors (Lipinski definition) is 2. The van der Waals surface area contributed by atoms with Gasteiger partial charge in [0, 0.05) is 18.3 Å². The normalized spacial score (nSPS) is 15.8. The third kappa shape index (κ3) is 8.01. The average molecular weight is 446 g/mol. The molecule has 0 radical (unpaired) electrons. The molecule has 9 heteroatoms. The van der Waals surface area contributed by atoms with Crippen molar-refractivity contribution < 1.29 is 14.3 Å². The Morgan fingerprint density at radius 1 is 1.13 bits per heavy atom. The van der Waals surface area contributed by atoms with Crippen molar-refractivity contribution in [1.29, 1.82) is 0 Å². The Morgan fingerprint density at radius 2 is 1.87 bits per heavy atom. The number of aromatic nitrogens is 2. The molecule has 1 aliphatic heterocycles. The molecule has 1 aromatic heterocycles. The fourth-order valence-corrected chi connectivity index (χ4v) is 4.20. The molecule has 0 unspecified atom stereocenters. The summed E-state index contributed by atoms with van der Waals surface area (Å²) in [6.45, 7) is 5.30. The largest absolute Gasteiger partial charge is 0.364 e. The Labute approximate surface area is 187 Å². The van der Waals surface area contributed by atoms with Gasteiger partial charge in [-0.05, 0) is 51.4 Å². The van der Waals surface area contributed by atoms with E-state index in [1.165, 1.54) is 25.7 Å². The molecule has 1 fully saturated rings. The minimum atomic E-state index is -0.314. The highest BCUT2D eigenvalue weighted by molar-refractivity contribution is 7.13. The fourth-order valence-electron chi connectivity index (χ4n) is 3.53. The lowest BCUT2D eigenvalue weighted by Crippen LogP contribution is -2.37. The van der Waals surface area contributed by atoms with Crippen LogP contribution in [0.1, 0.15) is 53.8 Å². The zero-order valence-corrected chi connectivity index (χ0v) is 18.8. The number of carbonyl (C=O) groups is 2. The summed E-state index contributed by atoms with van der Waals surface area (Å²) in [4.78, 5) is 26.7. The van der Waals surface area contributed by atoms with Crippen LogP contribution in [-0.2, 0) is 16.1 Å². The first-order valence-corrected chi connectivity index (χ1v) is 11.7. The first-order valence-electron chi connectivity index (χ1n) is 10.9. The summed E-state index contributed by atoms with van der Waals surface area (Å²) in [6.07, 6.45) is 6.12. The first-order chi connectivity index (χ1) is 15.1. The lowest BCUT2D eigenvalue weighted by atomic mass is 10.2. The maximum absolute atomic E-state index is 12.2. The second kappa shape index (κ2) is 12.5. The van der Waals surface area contributed by atoms with Crippen LogP contribution in [0.15, 0.2) is 30.3 Å². The molecule has 0 aliphatic carbocycles. The molecule has 2 aromatic rings. The lowest BCUT2D eigenvalue weighted by molar-refractivity contribution is -0.126. The molecule has 0 saturated carbocycles. The summed E-state index contributed by atoms with van der Waals surface area (Å²) >= 11 is 1.15. The summed E-state index contributed by atoms with van der Waals surface area (Å²) in [5, 5.41) is 14.4. The molecule has 1 aromatic carbocycles. The summed E-state index contributed by atoms with van der Waals surface area (Å²) in [7, 11) is 0. The molecule has 31 heavy (non-hydrogen) atoms. The van der Waals surface area contributed by atoms with Crippen molar-refractivity contribution >= 4 is 28.8 Å². The standard InChI is InChI=1S/C22H31N5O3S/c1-17(27-13-7-2-3-8-14-27)11-12-23-19(28)15-30-16-20-25-26-22(31-20)21(29)24-18-9-5-4-6-10-18/h4-6,9-10,17H,2-3,7-8,11-16H2,1H3,(H,23,28)(H,24,29)/t17-/m0/s1. The van der Waals surface area contributed by atoms with E-state index in [4.69, 9.17) is 4.74 Å². The van der Waals surface area contributed by atoms with Crippen LogP contribution in [0.4, 0.5) is 5.69 Å². The summed E-state index contributed by atoms with van der Waals surface area (Å²) in [5.41, 5.74) is 0.697. The highest BCUT2D eigenvalue weighted by Crippen LogP contribution is 2.15. The van der Waals surface area contributed by atoms with E-state index in [9.17, 15) is 9.59 Å². The minimum absolute atomic E-state index is 0.0385. The molecular formula is C22H31N5O3S. The van der Waals surface area contributed by atoms with Crippen LogP contribution in [0.25, 0.3) is 0 Å². The van der Waals surface area contributed by atoms with Gasteiger partial charge >= 0.3 is 0 Å². The Balaban J connectivity index is 1.31. The van der Waals surface area contributed by atoms with Crippen LogP contribution in [0.2, 0.25) is 0 Å². The second-order valence-electron chi connectivity index (χ2n) is 7.75. The molecule has 8 nitrogen and oxygen atoms in total. The monoisotopic (exact) mass is 445 g/mol. The number of rotatable bonds is 10. The summed E-state index contributed by atoms with van der Waals surface area (Å²) in [5.74, 6) is -0.458. The molecular weight excluding hydrogens is 414 g/mol. The molecule has 2 heterocycles. The molecule has 2 amide bonds. The van der Waals surface area contributed by atoms with Gasteiger partial charge in [0.1, 0.15) is 18.2 Å². The SMILES string of the molecule is C[C@@H](CCNC(=O)COCc1nnc(C(=O)Nc2ccccc2)s1)N1CCCCCC1. The maximum Gasteiger partial charge on any atom is 0.286 e. The van der Waals surface area contributed by atoms with Crippen molar-refractivity contribution in [2.75, 3.05) is 31.6 Å². The van der Waals surface area contributed by atoms with Crippen molar-refractivity contribution in [3.05, 3.63) is 40.3 Å². The van der Waals surface area contributed by atoms with Gasteiger partial charge in [0.25, 0.3) is 5.91 Å². The van der Waals surface area contributed by atoms with Crippen molar-refractivity contribution in [3.63, 3.8) is 0 Å². The van der Waals surface area contributed by atoms with Crippen molar-refractivity contribution in [3.8, 4) is 0 Å². The fraction of sp³-hybridized carbons (Fsp3) is 0.545. The van der Waals surface area contributed by atoms with E-state index >= 15 is 0 Å². The van der Waals surface area contributed by atoms with Crippen LogP contribution in [0, 0.1) is 0 Å². The van der Waals surface area contributed by atoms with Crippen LogP contribution in [0.5, 0.6) is 0 Å². The Hall–Kier alpha value is -2.36. The van der Waals surface area contributed by atoms with Gasteiger partial charge in [-0.15, -0.1) is 10.2 Å². The van der Waals surface area contributed by atoms with Crippen molar-refractivity contribution in [2.24, 2.45) is 0 Å². The van der Waals surface area contributed by atoms with Crippen LogP contribution < -0.4 is 10.6 Å². The number of ether oxygens (including phenoxy) is 1. The zero-order valence-electron chi connectivity index (χ0n) is 18.0. The highest BCUT2D eigenvalue weighted by atomic mass is 32.1. The van der Waals surface area contributed by atoms with Gasteiger partial charge in [0.05, 0.1) is 0 Å². The predicted molar refractivity (Wildman–Crippen MR) is 121 cm³/mol. The third-order valence-electron chi connectivity index (χ3n) is 5.30. The number of hydrogen-bond acceptors (Lipinski definition) is 7. The van der Waals surface area contributed by atoms with Crippen molar-refractivity contribution in [1.82, 2.24) is 20.4 Å². The van der Waals surface area contributed by atoms with Gasteiger partial charge in [-0.1, -0.05) is 42.4 Å². The number of para-hydroxylation sites is 1. The van der Waals surface area contributed by atoms with Gasteiger partial charge in [-0.2, -0.15) is 0 Å². The molecule has 168 valence electrons. The molecule has 0 bridgehead atoms. The van der Waals surface area contributed by atoms with Gasteiger partial charge in [0.2, 0.25) is 10.9 Å². The number of amides is 2. The van der Waals surface area contributed by atoms with Crippen LogP contribution >= 0.6 is 11.3 Å². The number of carbonyl (C=O) groups excluding carboxylic acids is 2. The molecule has 3 rings (SSSR count). The van der Waals surface area contributed by atoms with Gasteiger partial charge in [-0.3, -0.25) is 9.59 Å². The van der Waals surface area contributed by atoms with Gasteiger partial charge in [-0.25, -0.2) is 0 Å². The van der Waals surface area contributed by atoms with E-state index in [-0.39, 0.29) is 30.0 Å². The number of nitrogens with one attached hydrogen (secondary N) is 2. The Morgan fingerprint density at radius 3 is 2.61 bits per heavy atom. The van der Waals surface area contributed by atoms with E-state index < -0.39 is 0 Å². The minimum Gasteiger partial charge on any atom is -0.364 e. The highest BCUT2D eigenvalue weighted by Gasteiger charge is 2.16. The third-order valence-corrected chi connectivity index (χ3v) is 6.20. The van der Waals surface area contributed by atoms with E-state index in [2.05, 4.69) is 32.7 Å². The lowest BCUT2D eigenvalue weighted by Gasteiger charge is -2.27. The molecule has 1 saturated heterocycles. The molecule has 2 N–H and O–H groups in total. The van der Waals surface area contributed by atoms with Crippen molar-refractivity contribution in [2.45, 2.75) is 51.7 Å². The first kappa shape index (κ1) is 23.3. The summed E-state index contributed by atoms with van der Waals surface area (Å²) in [6, 6.07) is 9.64. The predicted octanol–water partition coefficient (Wildman–Crippen LogP) is 3.08. The smallest absolute Gasteiger partial charge is 0.286 e. The van der Waals surface area contributed by atoms with Crippen LogP contribution in [-0.4, -0.2) is 59.2 Å². The van der Waals surface area contributed by atoms with Crippen LogP contribution in [0.3, 0.4) is 0 Å². The van der Waals surface area contributed by atoms with E-state index in [1.807, 2.05) is 18.2 Å². The van der Waals surface area contributed by atoms with E-state index in [0.717, 1.165) is 30.8 Å². The number of nitrogens with zero attached hydrogens (tertiary/aromatic N) is 3. The average Bonchev–Trinajstić information content (AvgIpc) is 3.07. The molecule has 0 spiro atoms. The van der Waals surface area contributed by atoms with E-state index in [1.54, 1.807) is 12.1 Å². The van der Waals surface area contributed by atoms with Gasteiger partial charge < -0.3 is 20.3 Å². The maximum atomic E-state index is 12.2. The molecule has 1 aliphatic rings. The Bertz CT molecular complexity index is 822. The zero-order chi connectivity index (χ0) is 21.9. The summed E-state index contributed by atoms with van der Waals surface area (Å²) < 4.78 is 5.44. The number of benzene rings is 1. The number of anilines is 1. The second-order valence-corrected chi connectivity index (χ2v) is 8.81. The molecule has 1 atom stereocenters. The van der Waals surface area contributed by atoms with E-state index in [0.29, 0.717) is 23.3 Å². The Kier molecular flexibility index (Phi) is 9.39.